The molecule has 0 aliphatic heterocycles. The van der Waals surface area contributed by atoms with Crippen molar-refractivity contribution in [3.05, 3.63) is 64.5 Å². The second kappa shape index (κ2) is 5.36. The predicted molar refractivity (Wildman–Crippen MR) is 67.2 cm³/mol. The molecule has 0 aliphatic rings. The summed E-state index contributed by atoms with van der Waals surface area (Å²) >= 11 is 0. The largest absolute Gasteiger partial charge is 0.423 e. The Morgan fingerprint density at radius 2 is 1.65 bits per heavy atom. The molecule has 5 heteroatoms. The van der Waals surface area contributed by atoms with E-state index >= 15 is 0 Å². The van der Waals surface area contributed by atoms with Crippen LogP contribution in [0.2, 0.25) is 0 Å². The van der Waals surface area contributed by atoms with Crippen LogP contribution in [0.1, 0.15) is 21.5 Å². The van der Waals surface area contributed by atoms with E-state index in [-0.39, 0.29) is 5.75 Å². The molecule has 0 aliphatic carbocycles. The number of halogens is 3. The van der Waals surface area contributed by atoms with Crippen LogP contribution in [0.3, 0.4) is 0 Å². The highest BCUT2D eigenvalue weighted by atomic mass is 19.2. The summed E-state index contributed by atoms with van der Waals surface area (Å²) in [5.41, 5.74) is 1.24. The van der Waals surface area contributed by atoms with Crippen molar-refractivity contribution in [2.75, 3.05) is 0 Å². The van der Waals surface area contributed by atoms with Gasteiger partial charge in [-0.25, -0.2) is 18.0 Å². The fourth-order valence-corrected chi connectivity index (χ4v) is 1.62. The predicted octanol–water partition coefficient (Wildman–Crippen LogP) is 3.94. The first-order valence-electron chi connectivity index (χ1n) is 5.83. The Labute approximate surface area is 113 Å². The zero-order valence-corrected chi connectivity index (χ0v) is 10.8. The third kappa shape index (κ3) is 2.66. The van der Waals surface area contributed by atoms with Crippen molar-refractivity contribution in [2.24, 2.45) is 0 Å². The molecule has 0 amide bonds. The second-order valence-electron chi connectivity index (χ2n) is 4.36. The number of esters is 1. The van der Waals surface area contributed by atoms with Gasteiger partial charge in [-0.1, -0.05) is 6.07 Å². The van der Waals surface area contributed by atoms with Crippen molar-refractivity contribution in [1.82, 2.24) is 0 Å². The van der Waals surface area contributed by atoms with Crippen LogP contribution in [-0.2, 0) is 0 Å². The summed E-state index contributed by atoms with van der Waals surface area (Å²) in [5.74, 6) is -5.48. The van der Waals surface area contributed by atoms with Crippen LogP contribution in [-0.4, -0.2) is 5.97 Å². The lowest BCUT2D eigenvalue weighted by atomic mass is 10.1. The van der Waals surface area contributed by atoms with E-state index in [0.717, 1.165) is 17.2 Å². The Kier molecular flexibility index (Phi) is 3.79. The van der Waals surface area contributed by atoms with Gasteiger partial charge in [-0.3, -0.25) is 0 Å². The summed E-state index contributed by atoms with van der Waals surface area (Å²) in [6.45, 7) is 3.71. The lowest BCUT2D eigenvalue weighted by molar-refractivity contribution is 0.0728. The molecule has 0 atom stereocenters. The molecule has 20 heavy (non-hydrogen) atoms. The van der Waals surface area contributed by atoms with E-state index in [2.05, 4.69) is 0 Å². The third-order valence-electron chi connectivity index (χ3n) is 2.94. The van der Waals surface area contributed by atoms with Gasteiger partial charge in [0.2, 0.25) is 0 Å². The molecule has 0 fully saturated rings. The van der Waals surface area contributed by atoms with Gasteiger partial charge in [0.25, 0.3) is 0 Å². The topological polar surface area (TPSA) is 26.3 Å². The first kappa shape index (κ1) is 14.1. The van der Waals surface area contributed by atoms with Crippen molar-refractivity contribution in [2.45, 2.75) is 13.8 Å². The minimum Gasteiger partial charge on any atom is -0.423 e. The van der Waals surface area contributed by atoms with Crippen molar-refractivity contribution in [1.29, 1.82) is 0 Å². The van der Waals surface area contributed by atoms with Crippen molar-refractivity contribution in [3.63, 3.8) is 0 Å². The minimum atomic E-state index is -1.69. The molecule has 0 bridgehead atoms. The SMILES string of the molecule is Cc1ccc(OC(=O)c2ccc(F)c(F)c2F)cc1C. The summed E-state index contributed by atoms with van der Waals surface area (Å²) < 4.78 is 44.2. The summed E-state index contributed by atoms with van der Waals surface area (Å²) in [6, 6.07) is 6.40. The maximum absolute atomic E-state index is 13.4. The normalized spacial score (nSPS) is 10.4. The van der Waals surface area contributed by atoms with Gasteiger partial charge in [-0.15, -0.1) is 0 Å². The Balaban J connectivity index is 2.28. The van der Waals surface area contributed by atoms with Gasteiger partial charge < -0.3 is 4.74 Å². The average Bonchev–Trinajstić information content (AvgIpc) is 2.40. The van der Waals surface area contributed by atoms with E-state index < -0.39 is 29.0 Å². The van der Waals surface area contributed by atoms with Gasteiger partial charge in [-0.2, -0.15) is 0 Å². The van der Waals surface area contributed by atoms with Gasteiger partial charge in [0.1, 0.15) is 5.75 Å². The fourth-order valence-electron chi connectivity index (χ4n) is 1.62. The maximum atomic E-state index is 13.4. The molecule has 0 spiro atoms. The summed E-state index contributed by atoms with van der Waals surface area (Å²) in [4.78, 5) is 11.7. The quantitative estimate of drug-likeness (QED) is 0.473. The lowest BCUT2D eigenvalue weighted by Crippen LogP contribution is -2.12. The molecule has 0 saturated heterocycles. The maximum Gasteiger partial charge on any atom is 0.346 e. The molecule has 0 unspecified atom stereocenters. The molecule has 0 N–H and O–H groups in total. The van der Waals surface area contributed by atoms with Crippen molar-refractivity contribution < 1.29 is 22.7 Å². The number of hydrogen-bond acceptors (Lipinski definition) is 2. The van der Waals surface area contributed by atoms with E-state index in [4.69, 9.17) is 4.74 Å². The highest BCUT2D eigenvalue weighted by molar-refractivity contribution is 5.91. The van der Waals surface area contributed by atoms with Crippen LogP contribution in [0.5, 0.6) is 5.75 Å². The zero-order valence-electron chi connectivity index (χ0n) is 10.8. The highest BCUT2D eigenvalue weighted by Crippen LogP contribution is 2.20. The number of benzene rings is 2. The number of rotatable bonds is 2. The van der Waals surface area contributed by atoms with Crippen LogP contribution in [0.15, 0.2) is 30.3 Å². The molecule has 0 radical (unpaired) electrons. The molecule has 0 heterocycles. The molecule has 104 valence electrons. The van der Waals surface area contributed by atoms with Crippen LogP contribution in [0, 0.1) is 31.3 Å². The van der Waals surface area contributed by atoms with E-state index in [1.54, 1.807) is 12.1 Å². The molecule has 2 rings (SSSR count). The zero-order chi connectivity index (χ0) is 14.9. The Morgan fingerprint density at radius 3 is 2.30 bits per heavy atom. The van der Waals surface area contributed by atoms with Crippen molar-refractivity contribution >= 4 is 5.97 Å². The summed E-state index contributed by atoms with van der Waals surface area (Å²) in [6.07, 6.45) is 0. The van der Waals surface area contributed by atoms with Gasteiger partial charge >= 0.3 is 5.97 Å². The van der Waals surface area contributed by atoms with Gasteiger partial charge in [0.05, 0.1) is 5.56 Å². The second-order valence-corrected chi connectivity index (χ2v) is 4.36. The standard InChI is InChI=1S/C15H11F3O2/c1-8-3-4-10(7-9(8)2)20-15(19)11-5-6-12(16)14(18)13(11)17/h3-7H,1-2H3. The summed E-state index contributed by atoms with van der Waals surface area (Å²) in [5, 5.41) is 0. The molecular formula is C15H11F3O2. The number of carbonyl (C=O) groups excluding carboxylic acids is 1. The monoisotopic (exact) mass is 280 g/mol. The summed E-state index contributed by atoms with van der Waals surface area (Å²) in [7, 11) is 0. The van der Waals surface area contributed by atoms with Crippen LogP contribution < -0.4 is 4.74 Å². The first-order valence-corrected chi connectivity index (χ1v) is 5.83. The number of aryl methyl sites for hydroxylation is 2. The highest BCUT2D eigenvalue weighted by Gasteiger charge is 2.20. The van der Waals surface area contributed by atoms with Crippen LogP contribution in [0.4, 0.5) is 13.2 Å². The molecular weight excluding hydrogens is 269 g/mol. The minimum absolute atomic E-state index is 0.210. The Hall–Kier alpha value is -2.30. The molecule has 2 aromatic rings. The van der Waals surface area contributed by atoms with E-state index in [9.17, 15) is 18.0 Å². The van der Waals surface area contributed by atoms with Crippen LogP contribution >= 0.6 is 0 Å². The van der Waals surface area contributed by atoms with Crippen LogP contribution in [0.25, 0.3) is 0 Å². The third-order valence-corrected chi connectivity index (χ3v) is 2.94. The average molecular weight is 280 g/mol. The van der Waals surface area contributed by atoms with E-state index in [1.165, 1.54) is 6.07 Å². The molecule has 2 aromatic carbocycles. The number of carbonyl (C=O) groups is 1. The van der Waals surface area contributed by atoms with Gasteiger partial charge in [0, 0.05) is 0 Å². The van der Waals surface area contributed by atoms with E-state index in [0.29, 0.717) is 6.07 Å². The lowest BCUT2D eigenvalue weighted by Gasteiger charge is -2.07. The van der Waals surface area contributed by atoms with E-state index in [1.807, 2.05) is 13.8 Å². The molecule has 2 nitrogen and oxygen atoms in total. The molecule has 0 aromatic heterocycles. The smallest absolute Gasteiger partial charge is 0.346 e. The van der Waals surface area contributed by atoms with Gasteiger partial charge in [-0.05, 0) is 49.2 Å². The number of hydrogen-bond donors (Lipinski definition) is 0. The number of ether oxygens (including phenoxy) is 1. The fraction of sp³-hybridized carbons (Fsp3) is 0.133. The Morgan fingerprint density at radius 1 is 0.950 bits per heavy atom. The first-order chi connectivity index (χ1) is 9.40. The molecule has 0 saturated carbocycles. The van der Waals surface area contributed by atoms with Gasteiger partial charge in [0.15, 0.2) is 17.5 Å². The van der Waals surface area contributed by atoms with Crippen molar-refractivity contribution in [3.8, 4) is 5.75 Å². The Bertz CT molecular complexity index is 681.